The van der Waals surface area contributed by atoms with Crippen molar-refractivity contribution in [2.75, 3.05) is 0 Å². The van der Waals surface area contributed by atoms with E-state index in [0.717, 1.165) is 28.7 Å². The van der Waals surface area contributed by atoms with Gasteiger partial charge in [0.1, 0.15) is 0 Å². The van der Waals surface area contributed by atoms with Gasteiger partial charge in [-0.15, -0.1) is 22.7 Å². The van der Waals surface area contributed by atoms with Crippen molar-refractivity contribution in [1.29, 1.82) is 0 Å². The lowest BCUT2D eigenvalue weighted by Gasteiger charge is -2.22. The lowest BCUT2D eigenvalue weighted by atomic mass is 10.4. The van der Waals surface area contributed by atoms with E-state index in [1.165, 1.54) is 4.88 Å². The zero-order chi connectivity index (χ0) is 13.9. The summed E-state index contributed by atoms with van der Waals surface area (Å²) in [6.07, 6.45) is 2.26. The summed E-state index contributed by atoms with van der Waals surface area (Å²) in [7, 11) is 0. The van der Waals surface area contributed by atoms with Gasteiger partial charge in [0.05, 0.1) is 13.1 Å². The first kappa shape index (κ1) is 14.1. The van der Waals surface area contributed by atoms with Gasteiger partial charge in [0.25, 0.3) is 0 Å². The SMILES string of the molecule is O=C(NCc1cc(Br)cs1)N(Cc1cccs1)C1CC1. The Bertz CT molecular complexity index is 578. The van der Waals surface area contributed by atoms with Crippen LogP contribution in [0.15, 0.2) is 33.4 Å². The van der Waals surface area contributed by atoms with Gasteiger partial charge in [-0.2, -0.15) is 0 Å². The lowest BCUT2D eigenvalue weighted by Crippen LogP contribution is -2.40. The van der Waals surface area contributed by atoms with Crippen LogP contribution in [0.4, 0.5) is 4.79 Å². The van der Waals surface area contributed by atoms with E-state index in [4.69, 9.17) is 0 Å². The second-order valence-electron chi connectivity index (χ2n) is 4.83. The normalized spacial score (nSPS) is 14.2. The van der Waals surface area contributed by atoms with E-state index in [9.17, 15) is 4.79 Å². The van der Waals surface area contributed by atoms with Crippen molar-refractivity contribution in [2.45, 2.75) is 32.0 Å². The highest BCUT2D eigenvalue weighted by Gasteiger charge is 2.32. The number of hydrogen-bond acceptors (Lipinski definition) is 3. The second-order valence-corrected chi connectivity index (χ2v) is 7.77. The third-order valence-electron chi connectivity index (χ3n) is 3.19. The Morgan fingerprint density at radius 2 is 2.25 bits per heavy atom. The number of urea groups is 1. The topological polar surface area (TPSA) is 32.3 Å². The third kappa shape index (κ3) is 3.62. The molecule has 0 atom stereocenters. The number of carbonyl (C=O) groups excluding carboxylic acids is 1. The molecule has 106 valence electrons. The number of thiophene rings is 2. The van der Waals surface area contributed by atoms with E-state index in [1.54, 1.807) is 22.7 Å². The summed E-state index contributed by atoms with van der Waals surface area (Å²) in [6.45, 7) is 1.32. The third-order valence-corrected chi connectivity index (χ3v) is 5.75. The fourth-order valence-electron chi connectivity index (χ4n) is 2.03. The molecule has 0 radical (unpaired) electrons. The van der Waals surface area contributed by atoms with E-state index < -0.39 is 0 Å². The van der Waals surface area contributed by atoms with Gasteiger partial charge in [0, 0.05) is 25.6 Å². The second kappa shape index (κ2) is 6.28. The van der Waals surface area contributed by atoms with Gasteiger partial charge in [0.15, 0.2) is 0 Å². The molecule has 0 spiro atoms. The molecular weight excluding hydrogens is 356 g/mol. The van der Waals surface area contributed by atoms with Crippen LogP contribution in [-0.2, 0) is 13.1 Å². The molecule has 0 aliphatic heterocycles. The maximum atomic E-state index is 12.3. The molecule has 0 unspecified atom stereocenters. The summed E-state index contributed by atoms with van der Waals surface area (Å²) in [5.41, 5.74) is 0. The van der Waals surface area contributed by atoms with Crippen LogP contribution in [0.25, 0.3) is 0 Å². The zero-order valence-corrected chi connectivity index (χ0v) is 14.1. The van der Waals surface area contributed by atoms with Crippen molar-refractivity contribution in [3.63, 3.8) is 0 Å². The Kier molecular flexibility index (Phi) is 4.43. The van der Waals surface area contributed by atoms with Crippen molar-refractivity contribution in [1.82, 2.24) is 10.2 Å². The Morgan fingerprint density at radius 3 is 2.85 bits per heavy atom. The number of hydrogen-bond donors (Lipinski definition) is 1. The highest BCUT2D eigenvalue weighted by atomic mass is 79.9. The number of nitrogens with one attached hydrogen (secondary N) is 1. The monoisotopic (exact) mass is 370 g/mol. The molecule has 0 aromatic carbocycles. The molecule has 3 rings (SSSR count). The molecule has 2 amide bonds. The minimum absolute atomic E-state index is 0.0467. The van der Waals surface area contributed by atoms with Gasteiger partial charge in [-0.3, -0.25) is 0 Å². The smallest absolute Gasteiger partial charge is 0.318 e. The molecule has 0 saturated heterocycles. The summed E-state index contributed by atoms with van der Waals surface area (Å²) < 4.78 is 1.07. The van der Waals surface area contributed by atoms with Crippen molar-refractivity contribution in [3.8, 4) is 0 Å². The Balaban J connectivity index is 1.58. The standard InChI is InChI=1S/C14H15BrN2OS2/c15-10-6-13(20-9-10)7-16-14(18)17(11-3-4-11)8-12-2-1-5-19-12/h1-2,5-6,9,11H,3-4,7-8H2,(H,16,18). The molecule has 6 heteroatoms. The first-order valence-electron chi connectivity index (χ1n) is 6.52. The average molecular weight is 371 g/mol. The molecule has 20 heavy (non-hydrogen) atoms. The summed E-state index contributed by atoms with van der Waals surface area (Å²) in [5, 5.41) is 7.12. The first-order valence-corrected chi connectivity index (χ1v) is 9.07. The van der Waals surface area contributed by atoms with Crippen LogP contribution in [-0.4, -0.2) is 17.0 Å². The zero-order valence-electron chi connectivity index (χ0n) is 10.8. The van der Waals surface area contributed by atoms with Gasteiger partial charge in [-0.25, -0.2) is 4.79 Å². The van der Waals surface area contributed by atoms with E-state index in [0.29, 0.717) is 12.6 Å². The fourth-order valence-corrected chi connectivity index (χ4v) is 4.13. The molecule has 2 aromatic heterocycles. The van der Waals surface area contributed by atoms with Crippen LogP contribution in [0, 0.1) is 0 Å². The summed E-state index contributed by atoms with van der Waals surface area (Å²) in [6, 6.07) is 6.64. The predicted molar refractivity (Wildman–Crippen MR) is 87.1 cm³/mol. The van der Waals surface area contributed by atoms with Crippen LogP contribution in [0.5, 0.6) is 0 Å². The van der Waals surface area contributed by atoms with Gasteiger partial charge in [-0.05, 0) is 46.3 Å². The summed E-state index contributed by atoms with van der Waals surface area (Å²) in [5.74, 6) is 0. The van der Waals surface area contributed by atoms with Crippen molar-refractivity contribution in [3.05, 3.63) is 43.2 Å². The van der Waals surface area contributed by atoms with Gasteiger partial charge < -0.3 is 10.2 Å². The maximum Gasteiger partial charge on any atom is 0.318 e. The molecular formula is C14H15BrN2OS2. The lowest BCUT2D eigenvalue weighted by molar-refractivity contribution is 0.192. The Hall–Kier alpha value is -0.850. The number of amides is 2. The van der Waals surface area contributed by atoms with Gasteiger partial charge in [-0.1, -0.05) is 6.07 Å². The molecule has 1 fully saturated rings. The van der Waals surface area contributed by atoms with Crippen molar-refractivity contribution >= 4 is 44.6 Å². The van der Waals surface area contributed by atoms with E-state index in [2.05, 4.69) is 32.7 Å². The molecule has 3 nitrogen and oxygen atoms in total. The summed E-state index contributed by atoms with van der Waals surface area (Å²) >= 11 is 6.79. The minimum Gasteiger partial charge on any atom is -0.333 e. The van der Waals surface area contributed by atoms with Crippen LogP contribution < -0.4 is 5.32 Å². The number of halogens is 1. The highest BCUT2D eigenvalue weighted by Crippen LogP contribution is 2.29. The van der Waals surface area contributed by atoms with Crippen molar-refractivity contribution < 1.29 is 4.79 Å². The van der Waals surface area contributed by atoms with Crippen LogP contribution in [0.2, 0.25) is 0 Å². The quantitative estimate of drug-likeness (QED) is 0.828. The summed E-state index contributed by atoms with van der Waals surface area (Å²) in [4.78, 5) is 16.7. The molecule has 1 aliphatic rings. The van der Waals surface area contributed by atoms with Crippen molar-refractivity contribution in [2.24, 2.45) is 0 Å². The van der Waals surface area contributed by atoms with E-state index in [1.807, 2.05) is 22.4 Å². The maximum absolute atomic E-state index is 12.3. The molecule has 1 N–H and O–H groups in total. The van der Waals surface area contributed by atoms with E-state index in [-0.39, 0.29) is 6.03 Å². The van der Waals surface area contributed by atoms with Crippen LogP contribution in [0.3, 0.4) is 0 Å². The Labute approximate surface area is 134 Å². The first-order chi connectivity index (χ1) is 9.72. The molecule has 0 bridgehead atoms. The molecule has 1 saturated carbocycles. The molecule has 1 aliphatic carbocycles. The minimum atomic E-state index is 0.0467. The Morgan fingerprint density at radius 1 is 1.40 bits per heavy atom. The molecule has 2 aromatic rings. The van der Waals surface area contributed by atoms with E-state index >= 15 is 0 Å². The number of carbonyl (C=O) groups is 1. The van der Waals surface area contributed by atoms with Gasteiger partial charge >= 0.3 is 6.03 Å². The predicted octanol–water partition coefficient (Wildman–Crippen LogP) is 4.45. The van der Waals surface area contributed by atoms with Crippen LogP contribution >= 0.6 is 38.6 Å². The largest absolute Gasteiger partial charge is 0.333 e. The van der Waals surface area contributed by atoms with Gasteiger partial charge in [0.2, 0.25) is 0 Å². The average Bonchev–Trinajstić information content (AvgIpc) is 2.97. The molecule has 2 heterocycles. The highest BCUT2D eigenvalue weighted by molar-refractivity contribution is 9.10. The van der Waals surface area contributed by atoms with Crippen LogP contribution in [0.1, 0.15) is 22.6 Å². The fraction of sp³-hybridized carbons (Fsp3) is 0.357. The number of rotatable bonds is 5. The number of nitrogens with zero attached hydrogens (tertiary/aromatic N) is 1.